The van der Waals surface area contributed by atoms with Gasteiger partial charge in [-0.2, -0.15) is 0 Å². The van der Waals surface area contributed by atoms with Gasteiger partial charge < -0.3 is 0 Å². The predicted octanol–water partition coefficient (Wildman–Crippen LogP) is 9.65. The summed E-state index contributed by atoms with van der Waals surface area (Å²) in [5, 5.41) is 20.3. The molecule has 2 aliphatic carbocycles. The van der Waals surface area contributed by atoms with Crippen LogP contribution in [-0.2, 0) is 0 Å². The first-order valence-corrected chi connectivity index (χ1v) is 12.8. The molecular formula is C36H12F2N6. The second-order valence-electron chi connectivity index (χ2n) is 9.66. The van der Waals surface area contributed by atoms with E-state index in [-0.39, 0.29) is 33.9 Å². The summed E-state index contributed by atoms with van der Waals surface area (Å²) in [5.74, 6) is -1.37. The molecule has 0 bridgehead atoms. The summed E-state index contributed by atoms with van der Waals surface area (Å²) in [6, 6.07) is 22.7. The van der Waals surface area contributed by atoms with Gasteiger partial charge in [-0.3, -0.25) is 0 Å². The lowest BCUT2D eigenvalue weighted by Gasteiger charge is -2.19. The molecule has 200 valence electrons. The maximum atomic E-state index is 14.3. The van der Waals surface area contributed by atoms with Crippen molar-refractivity contribution in [2.45, 2.75) is 0 Å². The summed E-state index contributed by atoms with van der Waals surface area (Å²) in [7, 11) is 0. The molecule has 6 rings (SSSR count). The lowest BCUT2D eigenvalue weighted by molar-refractivity contribution is 0.633. The number of nitriles is 2. The van der Waals surface area contributed by atoms with Crippen molar-refractivity contribution in [1.82, 2.24) is 0 Å². The molecule has 4 aromatic carbocycles. The number of nitrogens with zero attached hydrogens (tertiary/aromatic N) is 6. The third-order valence-electron chi connectivity index (χ3n) is 7.58. The van der Waals surface area contributed by atoms with Gasteiger partial charge in [-0.25, -0.2) is 38.7 Å². The topological polar surface area (TPSA) is 65.0 Å². The van der Waals surface area contributed by atoms with E-state index in [1.54, 1.807) is 36.4 Å². The van der Waals surface area contributed by atoms with Crippen LogP contribution < -0.4 is 0 Å². The highest BCUT2D eigenvalue weighted by Gasteiger charge is 2.41. The SMILES string of the molecule is [C-]#[N+]/C(C#N)=C1C2=C(/C(=C(\C#N)[N+]#[C-])c3c2cccc3-c2ccc(F)c([N+]#[C-])c2)c2cccc(-c3ccc(F)c([N+]#[C-])c3)c2\1. The van der Waals surface area contributed by atoms with Crippen LogP contribution in [-0.4, -0.2) is 0 Å². The Morgan fingerprint density at radius 2 is 0.955 bits per heavy atom. The number of rotatable bonds is 2. The van der Waals surface area contributed by atoms with E-state index in [0.29, 0.717) is 55.7 Å². The average molecular weight is 567 g/mol. The molecule has 8 heteroatoms. The number of allylic oxidation sites excluding steroid dienone is 6. The predicted molar refractivity (Wildman–Crippen MR) is 161 cm³/mol. The smallest absolute Gasteiger partial charge is 0.235 e. The van der Waals surface area contributed by atoms with Crippen molar-refractivity contribution in [1.29, 1.82) is 10.5 Å². The first-order chi connectivity index (χ1) is 21.4. The van der Waals surface area contributed by atoms with Crippen LogP contribution in [0, 0.1) is 60.6 Å². The first kappa shape index (κ1) is 27.1. The summed E-state index contributed by atoms with van der Waals surface area (Å²) < 4.78 is 28.6. The maximum absolute atomic E-state index is 14.3. The molecule has 0 saturated carbocycles. The molecule has 0 aromatic heterocycles. The Morgan fingerprint density at radius 3 is 1.30 bits per heavy atom. The second kappa shape index (κ2) is 10.4. The summed E-state index contributed by atoms with van der Waals surface area (Å²) >= 11 is 0. The van der Waals surface area contributed by atoms with E-state index in [4.69, 9.17) is 26.3 Å². The molecule has 0 spiro atoms. The van der Waals surface area contributed by atoms with Crippen LogP contribution in [0.25, 0.3) is 63.9 Å². The van der Waals surface area contributed by atoms with E-state index < -0.39 is 11.6 Å². The Balaban J connectivity index is 1.75. The summed E-state index contributed by atoms with van der Waals surface area (Å²) in [6.45, 7) is 30.5. The third-order valence-corrected chi connectivity index (χ3v) is 7.58. The highest BCUT2D eigenvalue weighted by atomic mass is 19.1. The summed E-state index contributed by atoms with van der Waals surface area (Å²) in [5.41, 5.74) is 4.79. The highest BCUT2D eigenvalue weighted by molar-refractivity contribution is 6.39. The van der Waals surface area contributed by atoms with Crippen LogP contribution in [0.3, 0.4) is 0 Å². The first-order valence-electron chi connectivity index (χ1n) is 12.8. The molecule has 0 heterocycles. The molecule has 0 saturated heterocycles. The largest absolute Gasteiger partial charge is 0.270 e. The summed E-state index contributed by atoms with van der Waals surface area (Å²) in [4.78, 5) is 13.6. The van der Waals surface area contributed by atoms with Crippen LogP contribution >= 0.6 is 0 Å². The molecule has 0 radical (unpaired) electrons. The minimum absolute atomic E-state index is 0.191. The Morgan fingerprint density at radius 1 is 0.568 bits per heavy atom. The fourth-order valence-electron chi connectivity index (χ4n) is 5.86. The zero-order valence-corrected chi connectivity index (χ0v) is 22.4. The van der Waals surface area contributed by atoms with Gasteiger partial charge in [-0.05, 0) is 79.9 Å². The average Bonchev–Trinajstić information content (AvgIpc) is 3.56. The van der Waals surface area contributed by atoms with Gasteiger partial charge in [-0.1, -0.05) is 48.5 Å². The van der Waals surface area contributed by atoms with Gasteiger partial charge >= 0.3 is 0 Å². The van der Waals surface area contributed by atoms with E-state index in [0.717, 1.165) is 0 Å². The fourth-order valence-corrected chi connectivity index (χ4v) is 5.86. The molecule has 44 heavy (non-hydrogen) atoms. The van der Waals surface area contributed by atoms with Crippen LogP contribution in [0.15, 0.2) is 84.2 Å². The molecule has 0 N–H and O–H groups in total. The highest BCUT2D eigenvalue weighted by Crippen LogP contribution is 2.62. The molecule has 6 nitrogen and oxygen atoms in total. The molecule has 2 aliphatic rings. The fraction of sp³-hybridized carbons (Fsp3) is 0. The molecule has 0 atom stereocenters. The number of fused-ring (bicyclic) bond motifs is 4. The van der Waals surface area contributed by atoms with Gasteiger partial charge in [0.05, 0.1) is 38.4 Å². The monoisotopic (exact) mass is 566 g/mol. The minimum Gasteiger partial charge on any atom is -0.235 e. The van der Waals surface area contributed by atoms with Crippen LogP contribution in [0.2, 0.25) is 0 Å². The van der Waals surface area contributed by atoms with E-state index in [1.807, 2.05) is 12.1 Å². The van der Waals surface area contributed by atoms with Gasteiger partial charge in [0, 0.05) is 11.1 Å². The molecule has 0 fully saturated rings. The molecule has 0 unspecified atom stereocenters. The van der Waals surface area contributed by atoms with E-state index in [2.05, 4.69) is 19.4 Å². The van der Waals surface area contributed by atoms with Crippen LogP contribution in [0.5, 0.6) is 0 Å². The number of benzene rings is 4. The maximum Gasteiger partial charge on any atom is 0.270 e. The molecule has 4 aromatic rings. The standard InChI is InChI=1S/C36H12F2N6/c1-41-27-15-19(11-13-25(27)37)21-7-5-9-23-31(21)35(29(17-39)43-3)34-24-10-6-8-22(20-12-14-26(38)28(16-20)42-2)32(24)36(33(23)34)30(18-40)44-4/h5-16H/b35-29-,36-30+. The van der Waals surface area contributed by atoms with Crippen molar-refractivity contribution in [3.05, 3.63) is 164 Å². The van der Waals surface area contributed by atoms with E-state index >= 15 is 0 Å². The van der Waals surface area contributed by atoms with E-state index in [9.17, 15) is 19.3 Å². The Labute approximate surface area is 250 Å². The van der Waals surface area contributed by atoms with Gasteiger partial charge in [0.15, 0.2) is 0 Å². The van der Waals surface area contributed by atoms with Crippen molar-refractivity contribution >= 4 is 33.7 Å². The molecular weight excluding hydrogens is 554 g/mol. The van der Waals surface area contributed by atoms with Gasteiger partial charge in [-0.15, -0.1) is 0 Å². The zero-order chi connectivity index (χ0) is 31.1. The minimum atomic E-state index is -0.684. The lowest BCUT2D eigenvalue weighted by atomic mass is 9.84. The van der Waals surface area contributed by atoms with Gasteiger partial charge in [0.1, 0.15) is 11.6 Å². The van der Waals surface area contributed by atoms with Crippen LogP contribution in [0.4, 0.5) is 20.2 Å². The van der Waals surface area contributed by atoms with Gasteiger partial charge in [0.2, 0.25) is 11.4 Å². The normalized spacial score (nSPS) is 14.5. The molecule has 0 amide bonds. The van der Waals surface area contributed by atoms with Crippen molar-refractivity contribution in [2.75, 3.05) is 0 Å². The van der Waals surface area contributed by atoms with Gasteiger partial charge in [0.25, 0.3) is 11.4 Å². The second-order valence-corrected chi connectivity index (χ2v) is 9.66. The van der Waals surface area contributed by atoms with Crippen LogP contribution in [0.1, 0.15) is 22.3 Å². The number of hydrogen-bond acceptors (Lipinski definition) is 2. The third kappa shape index (κ3) is 3.79. The summed E-state index contributed by atoms with van der Waals surface area (Å²) in [6.07, 6.45) is 0. The Hall–Kier alpha value is -7.10. The van der Waals surface area contributed by atoms with Crippen molar-refractivity contribution in [2.24, 2.45) is 0 Å². The lowest BCUT2D eigenvalue weighted by Crippen LogP contribution is -1.99. The number of hydrogen-bond donors (Lipinski definition) is 0. The Bertz CT molecular complexity index is 2170. The van der Waals surface area contributed by atoms with Crippen molar-refractivity contribution in [3.8, 4) is 34.4 Å². The quantitative estimate of drug-likeness (QED) is 0.179. The number of halogens is 2. The van der Waals surface area contributed by atoms with Crippen molar-refractivity contribution in [3.63, 3.8) is 0 Å². The van der Waals surface area contributed by atoms with Crippen molar-refractivity contribution < 1.29 is 8.78 Å². The van der Waals surface area contributed by atoms with E-state index in [1.165, 1.54) is 36.4 Å². The Kier molecular flexibility index (Phi) is 6.39. The molecule has 0 aliphatic heterocycles. The zero-order valence-electron chi connectivity index (χ0n) is 22.4.